The third-order valence-electron chi connectivity index (χ3n) is 5.27. The molecule has 5 nitrogen and oxygen atoms in total. The molecule has 2 aromatic rings. The van der Waals surface area contributed by atoms with Crippen LogP contribution in [-0.2, 0) is 10.8 Å². The van der Waals surface area contributed by atoms with Gasteiger partial charge in [-0.15, -0.1) is 0 Å². The summed E-state index contributed by atoms with van der Waals surface area (Å²) < 4.78 is 12.3. The highest BCUT2D eigenvalue weighted by atomic mass is 32.2. The number of fused-ring (bicyclic) bond motifs is 2. The summed E-state index contributed by atoms with van der Waals surface area (Å²) in [5.74, 6) is 0. The highest BCUT2D eigenvalue weighted by Crippen LogP contribution is 2.33. The summed E-state index contributed by atoms with van der Waals surface area (Å²) in [5.41, 5.74) is 3.59. The van der Waals surface area contributed by atoms with Gasteiger partial charge in [-0.25, -0.2) is 9.78 Å². The van der Waals surface area contributed by atoms with Crippen LogP contribution in [0.2, 0.25) is 0 Å². The van der Waals surface area contributed by atoms with Crippen LogP contribution < -0.4 is 5.32 Å². The van der Waals surface area contributed by atoms with E-state index < -0.39 is 10.8 Å². The van der Waals surface area contributed by atoms with Crippen molar-refractivity contribution in [2.45, 2.75) is 43.6 Å². The summed E-state index contributed by atoms with van der Waals surface area (Å²) in [6, 6.07) is 6.22. The van der Waals surface area contributed by atoms with Crippen molar-refractivity contribution >= 4 is 33.3 Å². The number of urea groups is 1. The Labute approximate surface area is 160 Å². The van der Waals surface area contributed by atoms with Crippen molar-refractivity contribution in [3.63, 3.8) is 0 Å². The molecule has 0 saturated carbocycles. The Bertz CT molecular complexity index is 864. The molecule has 2 fully saturated rings. The lowest BCUT2D eigenvalue weighted by Gasteiger charge is -2.23. The maximum absolute atomic E-state index is 12.6. The number of aromatic nitrogens is 1. The number of carbonyl (C=O) groups excluding carboxylic acids is 1. The molecule has 2 aliphatic rings. The number of hydrogen-bond donors (Lipinski definition) is 1. The van der Waals surface area contributed by atoms with E-state index in [1.54, 1.807) is 4.90 Å². The third kappa shape index (κ3) is 3.42. The van der Waals surface area contributed by atoms with Crippen molar-refractivity contribution in [3.8, 4) is 10.4 Å². The standard InChI is InChI=1S/C19H23N3O2S2/c1-12-3-6-16(13(2)9-12)17-10-20-18(25-17)21-19(23)22-8-7-14-4-5-15(11-22)26(14)24/h3,6,9-10,14-15H,4-5,7-8,11H2,1-2H3,(H,20,21,23). The van der Waals surface area contributed by atoms with Crippen LogP contribution in [0.5, 0.6) is 0 Å². The Morgan fingerprint density at radius 2 is 2.08 bits per heavy atom. The molecule has 1 aromatic heterocycles. The van der Waals surface area contributed by atoms with Crippen LogP contribution >= 0.6 is 11.3 Å². The number of amides is 2. The van der Waals surface area contributed by atoms with Crippen molar-refractivity contribution in [1.29, 1.82) is 0 Å². The minimum Gasteiger partial charge on any atom is -0.323 e. The second-order valence-electron chi connectivity index (χ2n) is 7.16. The first kappa shape index (κ1) is 17.7. The summed E-state index contributed by atoms with van der Waals surface area (Å²) in [6.07, 6.45) is 4.66. The smallest absolute Gasteiger partial charge is 0.323 e. The Morgan fingerprint density at radius 3 is 2.88 bits per heavy atom. The molecule has 2 bridgehead atoms. The van der Waals surface area contributed by atoms with E-state index in [4.69, 9.17) is 0 Å². The molecular weight excluding hydrogens is 366 g/mol. The molecule has 0 aliphatic carbocycles. The summed E-state index contributed by atoms with van der Waals surface area (Å²) in [5, 5.41) is 3.95. The van der Waals surface area contributed by atoms with Crippen LogP contribution in [0.4, 0.5) is 9.93 Å². The van der Waals surface area contributed by atoms with Gasteiger partial charge in [-0.2, -0.15) is 0 Å². The zero-order chi connectivity index (χ0) is 18.3. The van der Waals surface area contributed by atoms with Crippen LogP contribution in [-0.4, -0.2) is 43.7 Å². The van der Waals surface area contributed by atoms with Crippen molar-refractivity contribution in [3.05, 3.63) is 35.5 Å². The molecule has 2 saturated heterocycles. The maximum Gasteiger partial charge on any atom is 0.323 e. The van der Waals surface area contributed by atoms with Crippen molar-refractivity contribution < 1.29 is 9.00 Å². The van der Waals surface area contributed by atoms with E-state index in [0.717, 1.165) is 29.7 Å². The normalized spacial score (nSPS) is 25.2. The van der Waals surface area contributed by atoms with Crippen LogP contribution in [0.25, 0.3) is 10.4 Å². The van der Waals surface area contributed by atoms with Gasteiger partial charge in [0, 0.05) is 35.3 Å². The van der Waals surface area contributed by atoms with Crippen LogP contribution in [0.15, 0.2) is 24.4 Å². The number of nitrogens with one attached hydrogen (secondary N) is 1. The molecule has 3 atom stereocenters. The molecule has 0 spiro atoms. The number of carbonyl (C=O) groups is 1. The van der Waals surface area contributed by atoms with E-state index in [1.165, 1.54) is 22.5 Å². The molecule has 0 radical (unpaired) electrons. The lowest BCUT2D eigenvalue weighted by Crippen LogP contribution is -2.39. The fourth-order valence-electron chi connectivity index (χ4n) is 3.84. The number of benzene rings is 1. The van der Waals surface area contributed by atoms with Gasteiger partial charge in [0.2, 0.25) is 0 Å². The number of rotatable bonds is 2. The van der Waals surface area contributed by atoms with E-state index in [2.05, 4.69) is 42.3 Å². The zero-order valence-corrected chi connectivity index (χ0v) is 16.7. The Balaban J connectivity index is 1.45. The monoisotopic (exact) mass is 389 g/mol. The lowest BCUT2D eigenvalue weighted by atomic mass is 10.1. The van der Waals surface area contributed by atoms with E-state index in [-0.39, 0.29) is 16.5 Å². The first-order valence-electron chi connectivity index (χ1n) is 9.00. The third-order valence-corrected chi connectivity index (χ3v) is 8.38. The molecule has 3 unspecified atom stereocenters. The molecule has 1 N–H and O–H groups in total. The van der Waals surface area contributed by atoms with Gasteiger partial charge in [-0.3, -0.25) is 9.53 Å². The molecule has 26 heavy (non-hydrogen) atoms. The number of thiazole rings is 1. The molecule has 4 rings (SSSR count). The number of anilines is 1. The van der Waals surface area contributed by atoms with E-state index in [1.807, 2.05) is 6.20 Å². The lowest BCUT2D eigenvalue weighted by molar-refractivity contribution is 0.209. The topological polar surface area (TPSA) is 62.3 Å². The quantitative estimate of drug-likeness (QED) is 0.846. The summed E-state index contributed by atoms with van der Waals surface area (Å²) in [4.78, 5) is 19.9. The highest BCUT2D eigenvalue weighted by Gasteiger charge is 2.38. The molecule has 2 aliphatic heterocycles. The maximum atomic E-state index is 12.6. The van der Waals surface area contributed by atoms with Gasteiger partial charge in [0.25, 0.3) is 0 Å². The predicted octanol–water partition coefficient (Wildman–Crippen LogP) is 3.94. The molecule has 2 amide bonds. The average molecular weight is 390 g/mol. The van der Waals surface area contributed by atoms with Crippen molar-refractivity contribution in [2.75, 3.05) is 18.4 Å². The predicted molar refractivity (Wildman–Crippen MR) is 107 cm³/mol. The first-order valence-corrected chi connectivity index (χ1v) is 11.1. The summed E-state index contributed by atoms with van der Waals surface area (Å²) in [6.45, 7) is 5.43. The number of aryl methyl sites for hydroxylation is 2. The van der Waals surface area contributed by atoms with Gasteiger partial charge < -0.3 is 4.90 Å². The van der Waals surface area contributed by atoms with Gasteiger partial charge in [0.05, 0.1) is 10.1 Å². The molecule has 138 valence electrons. The fourth-order valence-corrected chi connectivity index (χ4v) is 6.68. The van der Waals surface area contributed by atoms with Crippen LogP contribution in [0, 0.1) is 13.8 Å². The van der Waals surface area contributed by atoms with Crippen LogP contribution in [0.3, 0.4) is 0 Å². The highest BCUT2D eigenvalue weighted by molar-refractivity contribution is 7.86. The Hall–Kier alpha value is -1.73. The Kier molecular flexibility index (Phi) is 4.84. The molecular formula is C19H23N3O2S2. The van der Waals surface area contributed by atoms with E-state index >= 15 is 0 Å². The van der Waals surface area contributed by atoms with Gasteiger partial charge in [0.1, 0.15) is 0 Å². The van der Waals surface area contributed by atoms with Gasteiger partial charge >= 0.3 is 6.03 Å². The molecule has 7 heteroatoms. The van der Waals surface area contributed by atoms with Crippen molar-refractivity contribution in [1.82, 2.24) is 9.88 Å². The molecule has 1 aromatic carbocycles. The largest absolute Gasteiger partial charge is 0.323 e. The van der Waals surface area contributed by atoms with E-state index in [0.29, 0.717) is 18.2 Å². The van der Waals surface area contributed by atoms with Gasteiger partial charge in [-0.05, 0) is 44.2 Å². The number of hydrogen-bond acceptors (Lipinski definition) is 4. The van der Waals surface area contributed by atoms with E-state index in [9.17, 15) is 9.00 Å². The number of nitrogens with zero attached hydrogens (tertiary/aromatic N) is 2. The van der Waals surface area contributed by atoms with Gasteiger partial charge in [0.15, 0.2) is 5.13 Å². The first-order chi connectivity index (χ1) is 12.5. The SMILES string of the molecule is Cc1ccc(-c2cnc(NC(=O)N3CCC4CCC(C3)S4=O)s2)c(C)c1. The minimum absolute atomic E-state index is 0.129. The molecule has 3 heterocycles. The minimum atomic E-state index is -0.780. The van der Waals surface area contributed by atoms with Gasteiger partial charge in [-0.1, -0.05) is 35.1 Å². The van der Waals surface area contributed by atoms with Crippen LogP contribution in [0.1, 0.15) is 30.4 Å². The zero-order valence-electron chi connectivity index (χ0n) is 15.0. The second-order valence-corrected chi connectivity index (χ2v) is 10.2. The summed E-state index contributed by atoms with van der Waals surface area (Å²) in [7, 11) is -0.780. The second kappa shape index (κ2) is 7.12. The van der Waals surface area contributed by atoms with Crippen molar-refractivity contribution in [2.24, 2.45) is 0 Å². The Morgan fingerprint density at radius 1 is 1.27 bits per heavy atom. The number of likely N-dealkylation sites (tertiary alicyclic amines) is 1. The summed E-state index contributed by atoms with van der Waals surface area (Å²) >= 11 is 1.49. The fraction of sp³-hybridized carbons (Fsp3) is 0.474. The average Bonchev–Trinajstić information content (AvgIpc) is 3.12.